The molecule has 0 radical (unpaired) electrons. The van der Waals surface area contributed by atoms with Gasteiger partial charge in [-0.15, -0.1) is 0 Å². The van der Waals surface area contributed by atoms with Crippen LogP contribution in [-0.4, -0.2) is 35.6 Å². The van der Waals surface area contributed by atoms with Crippen LogP contribution in [0.1, 0.15) is 53.9 Å². The molecule has 0 atom stereocenters. The number of piperidine rings is 1. The average molecular weight is 284 g/mol. The third-order valence-electron chi connectivity index (χ3n) is 5.24. The van der Waals surface area contributed by atoms with E-state index in [1.165, 1.54) is 0 Å². The molecule has 1 aliphatic heterocycles. The second-order valence-electron chi connectivity index (χ2n) is 6.89. The highest BCUT2D eigenvalue weighted by atomic mass is 16.4. The minimum absolute atomic E-state index is 0.0131. The second-order valence-corrected chi connectivity index (χ2v) is 6.89. The van der Waals surface area contributed by atoms with Crippen LogP contribution in [0.5, 0.6) is 0 Å². The van der Waals surface area contributed by atoms with Gasteiger partial charge in [0.1, 0.15) is 0 Å². The smallest absolute Gasteiger partial charge is 0.311 e. The number of carboxylic acid groups (broad SMARTS) is 1. The summed E-state index contributed by atoms with van der Waals surface area (Å²) in [5.74, 6) is -0.917. The van der Waals surface area contributed by atoms with E-state index in [4.69, 9.17) is 0 Å². The molecule has 1 aliphatic rings. The summed E-state index contributed by atoms with van der Waals surface area (Å²) in [5, 5.41) is 15.6. The summed E-state index contributed by atoms with van der Waals surface area (Å²) in [6.45, 7) is 10.6. The van der Waals surface area contributed by atoms with E-state index in [2.05, 4.69) is 10.6 Å². The van der Waals surface area contributed by atoms with Crippen LogP contribution >= 0.6 is 0 Å². The maximum absolute atomic E-state index is 12.7. The molecule has 5 nitrogen and oxygen atoms in total. The molecule has 1 saturated heterocycles. The first-order valence-electron chi connectivity index (χ1n) is 7.36. The van der Waals surface area contributed by atoms with Gasteiger partial charge in [-0.2, -0.15) is 0 Å². The molecule has 0 bridgehead atoms. The van der Waals surface area contributed by atoms with Crippen LogP contribution in [0.25, 0.3) is 0 Å². The highest BCUT2D eigenvalue weighted by molar-refractivity contribution is 5.85. The molecule has 1 amide bonds. The Kier molecular flexibility index (Phi) is 4.85. The van der Waals surface area contributed by atoms with Gasteiger partial charge in [-0.3, -0.25) is 9.59 Å². The first kappa shape index (κ1) is 17.0. The van der Waals surface area contributed by atoms with E-state index in [0.29, 0.717) is 0 Å². The van der Waals surface area contributed by atoms with Crippen LogP contribution in [0.4, 0.5) is 0 Å². The molecule has 116 valence electrons. The van der Waals surface area contributed by atoms with Crippen LogP contribution in [0, 0.1) is 10.8 Å². The van der Waals surface area contributed by atoms with Crippen LogP contribution < -0.4 is 10.6 Å². The lowest BCUT2D eigenvalue weighted by Gasteiger charge is -2.43. The molecule has 0 spiro atoms. The molecule has 0 aromatic heterocycles. The highest BCUT2D eigenvalue weighted by Gasteiger charge is 2.47. The fraction of sp³-hybridized carbons (Fsp3) is 0.867. The summed E-state index contributed by atoms with van der Waals surface area (Å²) in [6.07, 6.45) is 2.39. The van der Waals surface area contributed by atoms with Crippen LogP contribution in [0.2, 0.25) is 0 Å². The number of carbonyl (C=O) groups excluding carboxylic acids is 1. The lowest BCUT2D eigenvalue weighted by atomic mass is 9.71. The molecule has 3 N–H and O–H groups in total. The van der Waals surface area contributed by atoms with E-state index < -0.39 is 16.9 Å². The number of carboxylic acids is 1. The van der Waals surface area contributed by atoms with Gasteiger partial charge in [0.2, 0.25) is 5.91 Å². The van der Waals surface area contributed by atoms with E-state index >= 15 is 0 Å². The molecule has 1 fully saturated rings. The predicted molar refractivity (Wildman–Crippen MR) is 78.5 cm³/mol. The largest absolute Gasteiger partial charge is 0.481 e. The molecule has 0 unspecified atom stereocenters. The number of rotatable bonds is 5. The first-order valence-corrected chi connectivity index (χ1v) is 7.36. The molecule has 0 aromatic rings. The van der Waals surface area contributed by atoms with Crippen molar-refractivity contribution in [2.45, 2.75) is 59.4 Å². The SMILES string of the molecule is CCC1(C(=O)NC(C)(C)C(C)(C)C(=O)O)CCNCC1. The summed E-state index contributed by atoms with van der Waals surface area (Å²) in [4.78, 5) is 24.1. The van der Waals surface area contributed by atoms with E-state index in [1.807, 2.05) is 6.92 Å². The van der Waals surface area contributed by atoms with Gasteiger partial charge in [-0.25, -0.2) is 0 Å². The van der Waals surface area contributed by atoms with Gasteiger partial charge < -0.3 is 15.7 Å². The Morgan fingerprint density at radius 2 is 1.70 bits per heavy atom. The fourth-order valence-electron chi connectivity index (χ4n) is 2.49. The monoisotopic (exact) mass is 284 g/mol. The molecular weight excluding hydrogens is 256 g/mol. The lowest BCUT2D eigenvalue weighted by molar-refractivity contribution is -0.153. The van der Waals surface area contributed by atoms with Crippen molar-refractivity contribution < 1.29 is 14.7 Å². The van der Waals surface area contributed by atoms with E-state index in [1.54, 1.807) is 27.7 Å². The summed E-state index contributed by atoms with van der Waals surface area (Å²) in [5.41, 5.74) is -2.19. The summed E-state index contributed by atoms with van der Waals surface area (Å²) >= 11 is 0. The molecular formula is C15H28N2O3. The predicted octanol–water partition coefficient (Wildman–Crippen LogP) is 1.77. The zero-order valence-corrected chi connectivity index (χ0v) is 13.3. The zero-order chi connectivity index (χ0) is 15.6. The number of aliphatic carboxylic acids is 1. The molecule has 1 heterocycles. The molecule has 20 heavy (non-hydrogen) atoms. The third-order valence-corrected chi connectivity index (χ3v) is 5.24. The highest BCUT2D eigenvalue weighted by Crippen LogP contribution is 2.36. The van der Waals surface area contributed by atoms with Crippen molar-refractivity contribution in [3.8, 4) is 0 Å². The topological polar surface area (TPSA) is 78.4 Å². The van der Waals surface area contributed by atoms with Crippen molar-refractivity contribution in [2.24, 2.45) is 10.8 Å². The Morgan fingerprint density at radius 3 is 2.10 bits per heavy atom. The Bertz CT molecular complexity index is 383. The van der Waals surface area contributed by atoms with Gasteiger partial charge in [0, 0.05) is 5.54 Å². The van der Waals surface area contributed by atoms with Gasteiger partial charge in [0.05, 0.1) is 10.8 Å². The first-order chi connectivity index (χ1) is 9.09. The Morgan fingerprint density at radius 1 is 1.20 bits per heavy atom. The van der Waals surface area contributed by atoms with Gasteiger partial charge in [0.15, 0.2) is 0 Å². The number of carbonyl (C=O) groups is 2. The van der Waals surface area contributed by atoms with Crippen molar-refractivity contribution in [1.82, 2.24) is 10.6 Å². The zero-order valence-electron chi connectivity index (χ0n) is 13.3. The van der Waals surface area contributed by atoms with Gasteiger partial charge in [0.25, 0.3) is 0 Å². The average Bonchev–Trinajstić information content (AvgIpc) is 2.38. The third kappa shape index (κ3) is 2.97. The fourth-order valence-corrected chi connectivity index (χ4v) is 2.49. The van der Waals surface area contributed by atoms with Crippen molar-refractivity contribution in [1.29, 1.82) is 0 Å². The van der Waals surface area contributed by atoms with Gasteiger partial charge in [-0.1, -0.05) is 6.92 Å². The summed E-state index contributed by atoms with van der Waals surface area (Å²) in [6, 6.07) is 0. The van der Waals surface area contributed by atoms with Gasteiger partial charge in [-0.05, 0) is 60.0 Å². The van der Waals surface area contributed by atoms with Crippen LogP contribution in [0.3, 0.4) is 0 Å². The minimum Gasteiger partial charge on any atom is -0.481 e. The van der Waals surface area contributed by atoms with Crippen molar-refractivity contribution >= 4 is 11.9 Å². The van der Waals surface area contributed by atoms with Crippen molar-refractivity contribution in [3.63, 3.8) is 0 Å². The maximum atomic E-state index is 12.7. The Balaban J connectivity index is 2.90. The van der Waals surface area contributed by atoms with Crippen molar-refractivity contribution in [3.05, 3.63) is 0 Å². The van der Waals surface area contributed by atoms with E-state index in [-0.39, 0.29) is 11.3 Å². The number of nitrogens with one attached hydrogen (secondary N) is 2. The maximum Gasteiger partial charge on any atom is 0.311 e. The molecule has 5 heteroatoms. The minimum atomic E-state index is -1.02. The second kappa shape index (κ2) is 5.72. The molecule has 0 aromatic carbocycles. The number of hydrogen-bond acceptors (Lipinski definition) is 3. The quantitative estimate of drug-likeness (QED) is 0.719. The standard InChI is InChI=1S/C15H28N2O3/c1-6-15(7-9-16-10-8-15)11(18)17-14(4,5)13(2,3)12(19)20/h16H,6-10H2,1-5H3,(H,17,18)(H,19,20). The summed E-state index contributed by atoms with van der Waals surface area (Å²) in [7, 11) is 0. The number of hydrogen-bond donors (Lipinski definition) is 3. The normalized spacial score (nSPS) is 19.4. The van der Waals surface area contributed by atoms with Crippen LogP contribution in [-0.2, 0) is 9.59 Å². The number of amides is 1. The van der Waals surface area contributed by atoms with Crippen LogP contribution in [0.15, 0.2) is 0 Å². The lowest BCUT2D eigenvalue weighted by Crippen LogP contribution is -2.60. The Labute approximate surface area is 121 Å². The molecule has 0 saturated carbocycles. The van der Waals surface area contributed by atoms with Crippen molar-refractivity contribution in [2.75, 3.05) is 13.1 Å². The van der Waals surface area contributed by atoms with E-state index in [9.17, 15) is 14.7 Å². The molecule has 1 rings (SSSR count). The van der Waals surface area contributed by atoms with Gasteiger partial charge >= 0.3 is 5.97 Å². The Hall–Kier alpha value is -1.10. The van der Waals surface area contributed by atoms with E-state index in [0.717, 1.165) is 32.4 Å². The summed E-state index contributed by atoms with van der Waals surface area (Å²) < 4.78 is 0. The molecule has 0 aliphatic carbocycles.